The summed E-state index contributed by atoms with van der Waals surface area (Å²) in [5, 5.41) is 9.40. The maximum atomic E-state index is 8.50. The Bertz CT molecular complexity index is 60.0. The average molecular weight is 104 g/mol. The Balaban J connectivity index is 2.26. The number of hydrazine groups is 1. The van der Waals surface area contributed by atoms with Crippen LogP contribution in [0.1, 0.15) is 6.92 Å². The van der Waals surface area contributed by atoms with Crippen LogP contribution >= 0.6 is 0 Å². The molecule has 0 radical (unpaired) electrons. The molecular formula is C3H8N2O2. The summed E-state index contributed by atoms with van der Waals surface area (Å²) < 4.78 is 0. The Labute approximate surface area is 41.6 Å². The van der Waals surface area contributed by atoms with Crippen LogP contribution in [0.5, 0.6) is 0 Å². The largest absolute Gasteiger partial charge is 0.297 e. The first-order valence-electron chi connectivity index (χ1n) is 2.17. The van der Waals surface area contributed by atoms with E-state index in [1.54, 1.807) is 0 Å². The van der Waals surface area contributed by atoms with Gasteiger partial charge in [0.05, 0.1) is 12.6 Å². The van der Waals surface area contributed by atoms with Crippen LogP contribution in [0, 0.1) is 0 Å². The quantitative estimate of drug-likeness (QED) is 0.435. The summed E-state index contributed by atoms with van der Waals surface area (Å²) in [6.07, 6.45) is 0.0880. The molecule has 1 atom stereocenters. The van der Waals surface area contributed by atoms with Gasteiger partial charge in [-0.15, -0.1) is 10.8 Å². The summed E-state index contributed by atoms with van der Waals surface area (Å²) in [6.45, 7) is 2.39. The van der Waals surface area contributed by atoms with E-state index in [1.165, 1.54) is 0 Å². The highest BCUT2D eigenvalue weighted by molar-refractivity contribution is 4.51. The van der Waals surface area contributed by atoms with E-state index < -0.39 is 0 Å². The van der Waals surface area contributed by atoms with Gasteiger partial charge in [-0.1, -0.05) is 0 Å². The third-order valence-electron chi connectivity index (χ3n) is 0.789. The van der Waals surface area contributed by atoms with Crippen LogP contribution < -0.4 is 5.59 Å². The molecular weight excluding hydrogens is 96.0 g/mol. The number of hydrogen-bond acceptors (Lipinski definition) is 4. The monoisotopic (exact) mass is 104 g/mol. The van der Waals surface area contributed by atoms with Gasteiger partial charge in [-0.2, -0.15) is 0 Å². The SMILES string of the molecule is CC1CN(O)NO1. The van der Waals surface area contributed by atoms with E-state index in [1.807, 2.05) is 6.92 Å². The third kappa shape index (κ3) is 1.10. The highest BCUT2D eigenvalue weighted by Gasteiger charge is 2.15. The Morgan fingerprint density at radius 3 is 2.86 bits per heavy atom. The summed E-state index contributed by atoms with van der Waals surface area (Å²) in [4.78, 5) is 4.69. The van der Waals surface area contributed by atoms with Crippen LogP contribution in [0.2, 0.25) is 0 Å². The predicted octanol–water partition coefficient (Wildman–Crippen LogP) is -0.484. The van der Waals surface area contributed by atoms with E-state index in [0.29, 0.717) is 6.54 Å². The van der Waals surface area contributed by atoms with Gasteiger partial charge in [-0.25, -0.2) is 0 Å². The van der Waals surface area contributed by atoms with Crippen molar-refractivity contribution < 1.29 is 10.0 Å². The molecule has 0 spiro atoms. The fourth-order valence-corrected chi connectivity index (χ4v) is 0.469. The zero-order valence-electron chi connectivity index (χ0n) is 4.09. The molecule has 4 heteroatoms. The van der Waals surface area contributed by atoms with Gasteiger partial charge < -0.3 is 0 Å². The van der Waals surface area contributed by atoms with Gasteiger partial charge in [-0.3, -0.25) is 10.0 Å². The molecule has 1 heterocycles. The van der Waals surface area contributed by atoms with Crippen molar-refractivity contribution >= 4 is 0 Å². The molecule has 0 aliphatic carbocycles. The van der Waals surface area contributed by atoms with Crippen LogP contribution in [0.3, 0.4) is 0 Å². The molecule has 2 N–H and O–H groups in total. The Hall–Kier alpha value is -0.160. The van der Waals surface area contributed by atoms with Crippen molar-refractivity contribution in [2.24, 2.45) is 0 Å². The Morgan fingerprint density at radius 1 is 2.00 bits per heavy atom. The van der Waals surface area contributed by atoms with Gasteiger partial charge in [0.2, 0.25) is 0 Å². The van der Waals surface area contributed by atoms with Crippen LogP contribution in [-0.4, -0.2) is 23.0 Å². The Morgan fingerprint density at radius 2 is 2.71 bits per heavy atom. The van der Waals surface area contributed by atoms with Crippen molar-refractivity contribution in [1.82, 2.24) is 10.8 Å². The van der Waals surface area contributed by atoms with E-state index in [-0.39, 0.29) is 6.10 Å². The van der Waals surface area contributed by atoms with Gasteiger partial charge in [0, 0.05) is 0 Å². The third-order valence-corrected chi connectivity index (χ3v) is 0.789. The minimum atomic E-state index is 0.0880. The number of nitrogens with zero attached hydrogens (tertiary/aromatic N) is 1. The topological polar surface area (TPSA) is 44.7 Å². The summed E-state index contributed by atoms with van der Waals surface area (Å²) in [5.74, 6) is 0. The molecule has 42 valence electrons. The van der Waals surface area contributed by atoms with Crippen molar-refractivity contribution in [3.63, 3.8) is 0 Å². The minimum absolute atomic E-state index is 0.0880. The lowest BCUT2D eigenvalue weighted by Crippen LogP contribution is -2.25. The summed E-state index contributed by atoms with van der Waals surface area (Å²) >= 11 is 0. The molecule has 4 nitrogen and oxygen atoms in total. The number of hydrogen-bond donors (Lipinski definition) is 2. The summed E-state index contributed by atoms with van der Waals surface area (Å²) in [5.41, 5.74) is 2.26. The van der Waals surface area contributed by atoms with Crippen LogP contribution in [0.4, 0.5) is 0 Å². The lowest BCUT2D eigenvalue weighted by atomic mass is 10.4. The maximum Gasteiger partial charge on any atom is 0.0945 e. The molecule has 0 bridgehead atoms. The van der Waals surface area contributed by atoms with Gasteiger partial charge in [0.15, 0.2) is 0 Å². The predicted molar refractivity (Wildman–Crippen MR) is 22.2 cm³/mol. The number of hydroxylamine groups is 1. The molecule has 0 aromatic heterocycles. The highest BCUT2D eigenvalue weighted by Crippen LogP contribution is 1.96. The molecule has 1 aliphatic rings. The van der Waals surface area contributed by atoms with Crippen molar-refractivity contribution in [3.05, 3.63) is 0 Å². The van der Waals surface area contributed by atoms with Crippen molar-refractivity contribution in [1.29, 1.82) is 0 Å². The van der Waals surface area contributed by atoms with Crippen molar-refractivity contribution in [3.8, 4) is 0 Å². The molecule has 1 fully saturated rings. The zero-order valence-corrected chi connectivity index (χ0v) is 4.09. The summed E-state index contributed by atoms with van der Waals surface area (Å²) in [7, 11) is 0. The van der Waals surface area contributed by atoms with Crippen LogP contribution in [0.15, 0.2) is 0 Å². The number of nitrogens with one attached hydrogen (secondary N) is 1. The van der Waals surface area contributed by atoms with Crippen LogP contribution in [-0.2, 0) is 4.84 Å². The molecule has 0 amide bonds. The molecule has 1 rings (SSSR count). The number of rotatable bonds is 0. The van der Waals surface area contributed by atoms with Gasteiger partial charge in [-0.05, 0) is 6.92 Å². The van der Waals surface area contributed by atoms with E-state index in [0.717, 1.165) is 5.17 Å². The first-order chi connectivity index (χ1) is 3.29. The molecule has 1 saturated heterocycles. The molecule has 1 unspecified atom stereocenters. The van der Waals surface area contributed by atoms with Crippen molar-refractivity contribution in [2.45, 2.75) is 13.0 Å². The molecule has 1 aliphatic heterocycles. The summed E-state index contributed by atoms with van der Waals surface area (Å²) in [6, 6.07) is 0. The van der Waals surface area contributed by atoms with Gasteiger partial charge in [0.25, 0.3) is 0 Å². The first-order valence-corrected chi connectivity index (χ1v) is 2.17. The molecule has 0 aromatic carbocycles. The second kappa shape index (κ2) is 1.75. The smallest absolute Gasteiger partial charge is 0.0945 e. The average Bonchev–Trinajstić information content (AvgIpc) is 1.87. The van der Waals surface area contributed by atoms with Crippen LogP contribution in [0.25, 0.3) is 0 Å². The highest BCUT2D eigenvalue weighted by atomic mass is 16.8. The molecule has 0 saturated carbocycles. The normalized spacial score (nSPS) is 34.3. The first kappa shape index (κ1) is 4.99. The molecule has 0 aromatic rings. The minimum Gasteiger partial charge on any atom is -0.297 e. The Kier molecular flexibility index (Phi) is 1.25. The maximum absolute atomic E-state index is 8.50. The van der Waals surface area contributed by atoms with Gasteiger partial charge >= 0.3 is 0 Å². The van der Waals surface area contributed by atoms with E-state index >= 15 is 0 Å². The van der Waals surface area contributed by atoms with E-state index in [4.69, 9.17) is 10.0 Å². The zero-order chi connectivity index (χ0) is 5.28. The van der Waals surface area contributed by atoms with Gasteiger partial charge in [0.1, 0.15) is 0 Å². The second-order valence-corrected chi connectivity index (χ2v) is 1.60. The lowest BCUT2D eigenvalue weighted by Gasteiger charge is -1.97. The fraction of sp³-hybridized carbons (Fsp3) is 1.00. The lowest BCUT2D eigenvalue weighted by molar-refractivity contribution is -0.175. The second-order valence-electron chi connectivity index (χ2n) is 1.60. The fourth-order valence-electron chi connectivity index (χ4n) is 0.469. The van der Waals surface area contributed by atoms with E-state index in [9.17, 15) is 0 Å². The molecule has 7 heavy (non-hydrogen) atoms. The van der Waals surface area contributed by atoms with Crippen molar-refractivity contribution in [2.75, 3.05) is 6.54 Å². The standard InChI is InChI=1S/C3H8N2O2/c1-3-2-5(6)4-7-3/h3-4,6H,2H2,1H3. The van der Waals surface area contributed by atoms with E-state index in [2.05, 4.69) is 5.59 Å².